The largest absolute Gasteiger partial charge is 0.497 e. The lowest BCUT2D eigenvalue weighted by molar-refractivity contribution is -0.123. The molecule has 8 heteroatoms. The number of hydrogen-bond donors (Lipinski definition) is 1. The molecule has 0 aliphatic carbocycles. The summed E-state index contributed by atoms with van der Waals surface area (Å²) < 4.78 is 21.9. The smallest absolute Gasteiger partial charge is 0.340 e. The number of halogens is 1. The van der Waals surface area contributed by atoms with E-state index in [1.54, 1.807) is 30.3 Å². The summed E-state index contributed by atoms with van der Waals surface area (Å²) in [6.45, 7) is 2.44. The molecule has 1 N–H and O–H groups in total. The summed E-state index contributed by atoms with van der Waals surface area (Å²) in [4.78, 5) is 24.7. The van der Waals surface area contributed by atoms with Crippen molar-refractivity contribution in [3.8, 4) is 17.2 Å². The van der Waals surface area contributed by atoms with Crippen molar-refractivity contribution in [2.45, 2.75) is 13.0 Å². The Morgan fingerprint density at radius 2 is 1.85 bits per heavy atom. The van der Waals surface area contributed by atoms with Crippen molar-refractivity contribution < 1.29 is 28.5 Å². The van der Waals surface area contributed by atoms with Crippen molar-refractivity contribution in [2.24, 2.45) is 0 Å². The molecule has 27 heavy (non-hydrogen) atoms. The van der Waals surface area contributed by atoms with Crippen LogP contribution in [0.3, 0.4) is 0 Å². The predicted molar refractivity (Wildman–Crippen MR) is 102 cm³/mol. The Morgan fingerprint density at radius 1 is 1.11 bits per heavy atom. The molecule has 1 atom stereocenters. The fraction of sp³-hybridized carbons (Fsp3) is 0.263. The first-order valence-corrected chi connectivity index (χ1v) is 9.02. The Balaban J connectivity index is 1.64. The maximum atomic E-state index is 12.4. The highest BCUT2D eigenvalue weighted by atomic mass is 79.9. The minimum absolute atomic E-state index is 0.272. The molecule has 0 fully saturated rings. The molecule has 7 nitrogen and oxygen atoms in total. The van der Waals surface area contributed by atoms with E-state index in [2.05, 4.69) is 21.2 Å². The molecule has 142 valence electrons. The highest BCUT2D eigenvalue weighted by Gasteiger charge is 2.22. The zero-order valence-corrected chi connectivity index (χ0v) is 16.4. The summed E-state index contributed by atoms with van der Waals surface area (Å²) in [5.74, 6) is 0.605. The van der Waals surface area contributed by atoms with Gasteiger partial charge in [-0.15, -0.1) is 0 Å². The Kier molecular flexibility index (Phi) is 5.85. The number of esters is 1. The molecule has 1 aliphatic rings. The van der Waals surface area contributed by atoms with E-state index in [9.17, 15) is 9.59 Å². The molecule has 0 saturated heterocycles. The topological polar surface area (TPSA) is 83.1 Å². The van der Waals surface area contributed by atoms with Gasteiger partial charge in [-0.05, 0) is 53.2 Å². The van der Waals surface area contributed by atoms with Crippen LogP contribution in [0.4, 0.5) is 5.69 Å². The second-order valence-electron chi connectivity index (χ2n) is 5.74. The first kappa shape index (κ1) is 19.0. The molecule has 1 aliphatic heterocycles. The molecule has 3 rings (SSSR count). The molecule has 2 aromatic rings. The third-order valence-electron chi connectivity index (χ3n) is 3.86. The Morgan fingerprint density at radius 3 is 2.59 bits per heavy atom. The van der Waals surface area contributed by atoms with Crippen molar-refractivity contribution in [1.82, 2.24) is 0 Å². The molecule has 1 heterocycles. The second kappa shape index (κ2) is 8.30. The Bertz CT molecular complexity index is 869. The van der Waals surface area contributed by atoms with Crippen molar-refractivity contribution in [2.75, 3.05) is 25.6 Å². The van der Waals surface area contributed by atoms with Crippen LogP contribution in [-0.2, 0) is 9.53 Å². The van der Waals surface area contributed by atoms with Gasteiger partial charge in [-0.25, -0.2) is 4.79 Å². The van der Waals surface area contributed by atoms with Gasteiger partial charge in [-0.1, -0.05) is 0 Å². The lowest BCUT2D eigenvalue weighted by atomic mass is 10.2. The van der Waals surface area contributed by atoms with Crippen molar-refractivity contribution in [3.05, 3.63) is 46.4 Å². The number of ether oxygens (including phenoxy) is 4. The lowest BCUT2D eigenvalue weighted by Crippen LogP contribution is -2.30. The van der Waals surface area contributed by atoms with Gasteiger partial charge in [0.05, 0.1) is 12.7 Å². The number of anilines is 1. The first-order valence-electron chi connectivity index (χ1n) is 8.23. The third-order valence-corrected chi connectivity index (χ3v) is 4.55. The molecular weight excluding hydrogens is 418 g/mol. The van der Waals surface area contributed by atoms with Crippen LogP contribution >= 0.6 is 15.9 Å². The summed E-state index contributed by atoms with van der Waals surface area (Å²) in [5, 5.41) is 2.70. The summed E-state index contributed by atoms with van der Waals surface area (Å²) in [7, 11) is 1.50. The molecule has 2 aromatic carbocycles. The van der Waals surface area contributed by atoms with Crippen molar-refractivity contribution in [1.29, 1.82) is 0 Å². The SMILES string of the molecule is COc1ccc(Br)c(C(=O)OC(C)C(=O)Nc2ccc3c(c2)OCCO3)c1. The number of benzene rings is 2. The normalized spacial score (nSPS) is 13.4. The van der Waals surface area contributed by atoms with Gasteiger partial charge in [0.1, 0.15) is 19.0 Å². The number of fused-ring (bicyclic) bond motifs is 1. The lowest BCUT2D eigenvalue weighted by Gasteiger charge is -2.19. The van der Waals surface area contributed by atoms with E-state index in [0.717, 1.165) is 0 Å². The van der Waals surface area contributed by atoms with Crippen LogP contribution in [-0.4, -0.2) is 38.3 Å². The molecule has 1 amide bonds. The number of methoxy groups -OCH3 is 1. The van der Waals surface area contributed by atoms with E-state index >= 15 is 0 Å². The van der Waals surface area contributed by atoms with Crippen LogP contribution in [0, 0.1) is 0 Å². The van der Waals surface area contributed by atoms with Gasteiger partial charge in [-0.2, -0.15) is 0 Å². The molecule has 1 unspecified atom stereocenters. The minimum Gasteiger partial charge on any atom is -0.497 e. The number of amides is 1. The average Bonchev–Trinajstić information content (AvgIpc) is 2.68. The number of nitrogens with one attached hydrogen (secondary N) is 1. The van der Waals surface area contributed by atoms with Gasteiger partial charge in [-0.3, -0.25) is 4.79 Å². The van der Waals surface area contributed by atoms with Gasteiger partial charge in [0, 0.05) is 16.2 Å². The van der Waals surface area contributed by atoms with Crippen LogP contribution in [0.1, 0.15) is 17.3 Å². The quantitative estimate of drug-likeness (QED) is 0.724. The third kappa shape index (κ3) is 4.51. The maximum Gasteiger partial charge on any atom is 0.340 e. The van der Waals surface area contributed by atoms with Crippen LogP contribution in [0.5, 0.6) is 17.2 Å². The zero-order valence-electron chi connectivity index (χ0n) is 14.8. The van der Waals surface area contributed by atoms with Gasteiger partial charge in [0.25, 0.3) is 5.91 Å². The van der Waals surface area contributed by atoms with E-state index in [0.29, 0.717) is 40.6 Å². The standard InChI is InChI=1S/C19H18BrNO6/c1-11(27-19(23)14-10-13(24-2)4-5-15(14)20)18(22)21-12-3-6-16-17(9-12)26-8-7-25-16/h3-6,9-11H,7-8H2,1-2H3,(H,21,22). The minimum atomic E-state index is -0.996. The predicted octanol–water partition coefficient (Wildman–Crippen LogP) is 3.41. The van der Waals surface area contributed by atoms with Crippen LogP contribution < -0.4 is 19.5 Å². The Labute approximate surface area is 164 Å². The second-order valence-corrected chi connectivity index (χ2v) is 6.60. The fourth-order valence-corrected chi connectivity index (χ4v) is 2.84. The van der Waals surface area contributed by atoms with E-state index in [1.807, 2.05) is 0 Å². The first-order chi connectivity index (χ1) is 13.0. The molecule has 0 radical (unpaired) electrons. The average molecular weight is 436 g/mol. The summed E-state index contributed by atoms with van der Waals surface area (Å²) in [6.07, 6.45) is -0.996. The van der Waals surface area contributed by atoms with E-state index in [4.69, 9.17) is 18.9 Å². The molecular formula is C19H18BrNO6. The van der Waals surface area contributed by atoms with Gasteiger partial charge >= 0.3 is 5.97 Å². The zero-order chi connectivity index (χ0) is 19.4. The molecule has 0 spiro atoms. The number of carbonyl (C=O) groups excluding carboxylic acids is 2. The highest BCUT2D eigenvalue weighted by Crippen LogP contribution is 2.32. The van der Waals surface area contributed by atoms with Crippen LogP contribution in [0.2, 0.25) is 0 Å². The highest BCUT2D eigenvalue weighted by molar-refractivity contribution is 9.10. The summed E-state index contributed by atoms with van der Waals surface area (Å²) in [5.41, 5.74) is 0.794. The van der Waals surface area contributed by atoms with E-state index in [-0.39, 0.29) is 5.56 Å². The van der Waals surface area contributed by atoms with Crippen molar-refractivity contribution in [3.63, 3.8) is 0 Å². The van der Waals surface area contributed by atoms with E-state index < -0.39 is 18.0 Å². The summed E-state index contributed by atoms with van der Waals surface area (Å²) >= 11 is 3.29. The summed E-state index contributed by atoms with van der Waals surface area (Å²) in [6, 6.07) is 10.00. The van der Waals surface area contributed by atoms with Gasteiger partial charge in [0.2, 0.25) is 0 Å². The van der Waals surface area contributed by atoms with E-state index in [1.165, 1.54) is 20.1 Å². The maximum absolute atomic E-state index is 12.4. The molecule has 0 aromatic heterocycles. The van der Waals surface area contributed by atoms with Crippen molar-refractivity contribution >= 4 is 33.5 Å². The molecule has 0 saturated carbocycles. The molecule has 0 bridgehead atoms. The van der Waals surface area contributed by atoms with Gasteiger partial charge in [0.15, 0.2) is 17.6 Å². The van der Waals surface area contributed by atoms with Gasteiger partial charge < -0.3 is 24.3 Å². The van der Waals surface area contributed by atoms with Crippen LogP contribution in [0.25, 0.3) is 0 Å². The fourth-order valence-electron chi connectivity index (χ4n) is 2.43. The Hall–Kier alpha value is -2.74. The number of hydrogen-bond acceptors (Lipinski definition) is 6. The number of rotatable bonds is 5. The monoisotopic (exact) mass is 435 g/mol. The van der Waals surface area contributed by atoms with Crippen LogP contribution in [0.15, 0.2) is 40.9 Å². The number of carbonyl (C=O) groups is 2.